The van der Waals surface area contributed by atoms with E-state index in [2.05, 4.69) is 0 Å². The molecule has 0 radical (unpaired) electrons. The zero-order valence-corrected chi connectivity index (χ0v) is 28.8. The van der Waals surface area contributed by atoms with Gasteiger partial charge in [0.15, 0.2) is 23.5 Å². The number of hydrogen-bond donors (Lipinski definition) is 11. The molecule has 15 atom stereocenters. The lowest BCUT2D eigenvalue weighted by Gasteiger charge is -2.42. The van der Waals surface area contributed by atoms with Crippen molar-refractivity contribution >= 4 is 11.0 Å². The molecule has 3 aliphatic rings. The standard InChI is InChI=1S/C34H42O20/c1-10-20(37)24(41)27(44)32(49-10)48-9-18-22(39)26(43)29(46)34(53-18)54-31-23(40)19-14(36)7-13(35)8-17(19)51-30(31)12-4-5-15(16(6-12)47-3)52-33-28(45)25(42)21(38)11(2)50-33/h4-8,10-11,18,20-22,24-29,32-39,41-46H,9H2,1-3H3/t10-,11-,18+,20-,21-,22+,24+,25+,26-,27+,28+,29+,32+,33+,34-/m0/s1. The van der Waals surface area contributed by atoms with Gasteiger partial charge in [-0.1, -0.05) is 0 Å². The van der Waals surface area contributed by atoms with Crippen LogP contribution >= 0.6 is 0 Å². The first kappa shape index (κ1) is 39.8. The van der Waals surface area contributed by atoms with Crippen LogP contribution in [0.4, 0.5) is 0 Å². The number of phenolic OH excluding ortho intramolecular Hbond substituents is 2. The van der Waals surface area contributed by atoms with E-state index in [1.165, 1.54) is 39.2 Å². The molecule has 0 amide bonds. The number of rotatable bonds is 9. The van der Waals surface area contributed by atoms with E-state index in [4.69, 9.17) is 37.6 Å². The molecule has 298 valence electrons. The molecule has 1 aromatic heterocycles. The minimum absolute atomic E-state index is 0.0311. The van der Waals surface area contributed by atoms with E-state index in [1.807, 2.05) is 0 Å². The minimum Gasteiger partial charge on any atom is -0.508 e. The monoisotopic (exact) mass is 770 g/mol. The van der Waals surface area contributed by atoms with Crippen LogP contribution in [-0.2, 0) is 18.9 Å². The second-order valence-electron chi connectivity index (χ2n) is 13.2. The second kappa shape index (κ2) is 15.7. The second-order valence-corrected chi connectivity index (χ2v) is 13.2. The highest BCUT2D eigenvalue weighted by Gasteiger charge is 2.48. The fourth-order valence-corrected chi connectivity index (χ4v) is 6.32. The smallest absolute Gasteiger partial charge is 0.239 e. The van der Waals surface area contributed by atoms with Crippen LogP contribution in [0.5, 0.6) is 28.7 Å². The van der Waals surface area contributed by atoms with Crippen LogP contribution in [0.2, 0.25) is 0 Å². The van der Waals surface area contributed by atoms with E-state index < -0.39 is 127 Å². The van der Waals surface area contributed by atoms with Gasteiger partial charge in [-0.05, 0) is 32.0 Å². The van der Waals surface area contributed by atoms with Crippen molar-refractivity contribution in [2.75, 3.05) is 13.7 Å². The topological polar surface area (TPSA) is 317 Å². The third-order valence-corrected chi connectivity index (χ3v) is 9.53. The van der Waals surface area contributed by atoms with Gasteiger partial charge in [0.25, 0.3) is 0 Å². The van der Waals surface area contributed by atoms with Crippen molar-refractivity contribution in [1.29, 1.82) is 0 Å². The maximum absolute atomic E-state index is 14.0. The summed E-state index contributed by atoms with van der Waals surface area (Å²) in [5, 5.41) is 114. The SMILES string of the molecule is COc1cc(-c2oc3cc(O)cc(O)c3c(=O)c2O[C@@H]2O[C@H](CO[C@@H]3O[C@@H](C)[C@H](O)[C@@H](O)[C@H]3O)[C@@H](O)[C@H](O)[C@H]2O)ccc1O[C@H]1O[C@@H](C)[C@H](O)[C@@H](O)[C@H]1O. The summed E-state index contributed by atoms with van der Waals surface area (Å²) in [6, 6.07) is 5.87. The Morgan fingerprint density at radius 1 is 0.648 bits per heavy atom. The van der Waals surface area contributed by atoms with Crippen molar-refractivity contribution in [2.45, 2.75) is 106 Å². The molecule has 20 nitrogen and oxygen atoms in total. The van der Waals surface area contributed by atoms with Gasteiger partial charge in [0.1, 0.15) is 83.5 Å². The molecule has 3 saturated heterocycles. The van der Waals surface area contributed by atoms with Gasteiger partial charge < -0.3 is 93.7 Å². The number of fused-ring (bicyclic) bond motifs is 1. The Morgan fingerprint density at radius 2 is 1.22 bits per heavy atom. The summed E-state index contributed by atoms with van der Waals surface area (Å²) >= 11 is 0. The maximum atomic E-state index is 14.0. The van der Waals surface area contributed by atoms with Crippen molar-refractivity contribution in [3.63, 3.8) is 0 Å². The third kappa shape index (κ3) is 7.41. The number of aliphatic hydroxyl groups excluding tert-OH is 9. The maximum Gasteiger partial charge on any atom is 0.239 e. The Hall–Kier alpha value is -3.87. The van der Waals surface area contributed by atoms with Gasteiger partial charge in [-0.2, -0.15) is 0 Å². The summed E-state index contributed by atoms with van der Waals surface area (Å²) in [7, 11) is 1.26. The van der Waals surface area contributed by atoms with Crippen molar-refractivity contribution in [1.82, 2.24) is 0 Å². The van der Waals surface area contributed by atoms with Crippen molar-refractivity contribution in [2.24, 2.45) is 0 Å². The summed E-state index contributed by atoms with van der Waals surface area (Å²) in [6.07, 6.45) is -23.5. The number of ether oxygens (including phenoxy) is 7. The number of phenols is 2. The highest BCUT2D eigenvalue weighted by atomic mass is 16.7. The molecule has 0 aliphatic carbocycles. The Bertz CT molecular complexity index is 1850. The van der Waals surface area contributed by atoms with E-state index in [-0.39, 0.29) is 28.4 Å². The van der Waals surface area contributed by atoms with Crippen LogP contribution in [0.1, 0.15) is 13.8 Å². The van der Waals surface area contributed by atoms with Crippen LogP contribution in [0, 0.1) is 0 Å². The number of methoxy groups -OCH3 is 1. The molecule has 0 saturated carbocycles. The van der Waals surface area contributed by atoms with Gasteiger partial charge in [-0.3, -0.25) is 4.79 Å². The predicted octanol–water partition coefficient (Wildman–Crippen LogP) is -2.88. The molecule has 6 rings (SSSR count). The summed E-state index contributed by atoms with van der Waals surface area (Å²) in [5.74, 6) is -2.31. The van der Waals surface area contributed by atoms with Crippen LogP contribution < -0.4 is 19.6 Å². The molecule has 0 bridgehead atoms. The lowest BCUT2D eigenvalue weighted by Crippen LogP contribution is -2.61. The Labute approximate surface area is 305 Å². The highest BCUT2D eigenvalue weighted by Crippen LogP contribution is 2.41. The first-order valence-corrected chi connectivity index (χ1v) is 16.8. The Balaban J connectivity index is 1.33. The molecule has 3 aromatic rings. The number of aliphatic hydroxyl groups is 9. The van der Waals surface area contributed by atoms with Crippen molar-refractivity contribution < 1.29 is 93.7 Å². The molecular weight excluding hydrogens is 728 g/mol. The minimum atomic E-state index is -2.01. The van der Waals surface area contributed by atoms with Crippen molar-refractivity contribution in [3.05, 3.63) is 40.6 Å². The van der Waals surface area contributed by atoms with Crippen LogP contribution in [0.25, 0.3) is 22.3 Å². The third-order valence-electron chi connectivity index (χ3n) is 9.53. The largest absolute Gasteiger partial charge is 0.508 e. The number of aromatic hydroxyl groups is 2. The average Bonchev–Trinajstić information content (AvgIpc) is 3.14. The molecule has 2 aromatic carbocycles. The zero-order chi connectivity index (χ0) is 39.3. The van der Waals surface area contributed by atoms with E-state index >= 15 is 0 Å². The Kier molecular flexibility index (Phi) is 11.6. The molecular formula is C34H42O20. The van der Waals surface area contributed by atoms with Gasteiger partial charge in [0, 0.05) is 17.7 Å². The molecule has 0 spiro atoms. The summed E-state index contributed by atoms with van der Waals surface area (Å²) in [6.45, 7) is 2.25. The first-order valence-electron chi connectivity index (χ1n) is 16.8. The summed E-state index contributed by atoms with van der Waals surface area (Å²) < 4.78 is 45.1. The summed E-state index contributed by atoms with van der Waals surface area (Å²) in [5.41, 5.74) is -1.30. The van der Waals surface area contributed by atoms with Crippen LogP contribution in [-0.4, -0.2) is 162 Å². The molecule has 3 fully saturated rings. The van der Waals surface area contributed by atoms with Crippen LogP contribution in [0.15, 0.2) is 39.5 Å². The Morgan fingerprint density at radius 3 is 1.85 bits per heavy atom. The van der Waals surface area contributed by atoms with Crippen LogP contribution in [0.3, 0.4) is 0 Å². The lowest BCUT2D eigenvalue weighted by atomic mass is 9.98. The fourth-order valence-electron chi connectivity index (χ4n) is 6.32. The summed E-state index contributed by atoms with van der Waals surface area (Å²) in [4.78, 5) is 14.0. The predicted molar refractivity (Wildman–Crippen MR) is 176 cm³/mol. The highest BCUT2D eigenvalue weighted by molar-refractivity contribution is 5.88. The molecule has 11 N–H and O–H groups in total. The lowest BCUT2D eigenvalue weighted by molar-refractivity contribution is -0.318. The molecule has 3 aliphatic heterocycles. The van der Waals surface area contributed by atoms with E-state index in [0.29, 0.717) is 0 Å². The molecule has 4 heterocycles. The zero-order valence-electron chi connectivity index (χ0n) is 28.8. The van der Waals surface area contributed by atoms with E-state index in [1.54, 1.807) is 0 Å². The number of hydrogen-bond acceptors (Lipinski definition) is 20. The van der Waals surface area contributed by atoms with E-state index in [0.717, 1.165) is 12.1 Å². The number of benzene rings is 2. The van der Waals surface area contributed by atoms with E-state index in [9.17, 15) is 61.0 Å². The quantitative estimate of drug-likeness (QED) is 0.104. The van der Waals surface area contributed by atoms with Crippen molar-refractivity contribution in [3.8, 4) is 40.1 Å². The first-order chi connectivity index (χ1) is 25.5. The molecule has 20 heteroatoms. The van der Waals surface area contributed by atoms with Gasteiger partial charge in [-0.15, -0.1) is 0 Å². The van der Waals surface area contributed by atoms with Gasteiger partial charge in [0.2, 0.25) is 23.8 Å². The normalized spacial score (nSPS) is 37.2. The van der Waals surface area contributed by atoms with Gasteiger partial charge >= 0.3 is 0 Å². The van der Waals surface area contributed by atoms with Gasteiger partial charge in [-0.25, -0.2) is 0 Å². The fraction of sp³-hybridized carbons (Fsp3) is 0.559. The molecule has 0 unspecified atom stereocenters. The molecule has 54 heavy (non-hydrogen) atoms. The van der Waals surface area contributed by atoms with Gasteiger partial charge in [0.05, 0.1) is 25.9 Å². The average molecular weight is 771 g/mol.